The molecular weight excluding hydrogens is 268 g/mol. The highest BCUT2D eigenvalue weighted by Gasteiger charge is 2.14. The molecule has 0 saturated heterocycles. The van der Waals surface area contributed by atoms with Gasteiger partial charge in [0.25, 0.3) is 0 Å². The number of nitrogens with one attached hydrogen (secondary N) is 1. The molecule has 1 aromatic carbocycles. The monoisotopic (exact) mass is 294 g/mol. The van der Waals surface area contributed by atoms with Crippen LogP contribution in [0.15, 0.2) is 18.2 Å². The topological polar surface area (TPSA) is 50.8 Å². The van der Waals surface area contributed by atoms with Crippen LogP contribution >= 0.6 is 0 Å². The zero-order valence-electron chi connectivity index (χ0n) is 13.6. The van der Waals surface area contributed by atoms with Gasteiger partial charge in [-0.25, -0.2) is 0 Å². The van der Waals surface area contributed by atoms with E-state index in [9.17, 15) is 4.79 Å². The van der Waals surface area contributed by atoms with Gasteiger partial charge < -0.3 is 19.7 Å². The van der Waals surface area contributed by atoms with Crippen LogP contribution in [0.4, 0.5) is 0 Å². The third-order valence-corrected chi connectivity index (χ3v) is 3.62. The van der Waals surface area contributed by atoms with Crippen LogP contribution in [0.1, 0.15) is 31.9 Å². The standard InChI is InChI=1S/C16H26N2O3/c1-6-13(17-11-16(19)18(3)7-2)12-8-9-14(20-4)15(10-12)21-5/h8-10,13,17H,6-7,11H2,1-5H3. The molecule has 1 rings (SSSR count). The Hall–Kier alpha value is -1.75. The van der Waals surface area contributed by atoms with Gasteiger partial charge >= 0.3 is 0 Å². The molecule has 0 aliphatic rings. The number of benzene rings is 1. The number of methoxy groups -OCH3 is 2. The average Bonchev–Trinajstić information content (AvgIpc) is 2.53. The predicted octanol–water partition coefficient (Wildman–Crippen LogP) is 2.22. The van der Waals surface area contributed by atoms with Crippen molar-refractivity contribution in [2.45, 2.75) is 26.3 Å². The Balaban J connectivity index is 2.78. The van der Waals surface area contributed by atoms with Crippen molar-refractivity contribution in [1.82, 2.24) is 10.2 Å². The number of nitrogens with zero attached hydrogens (tertiary/aromatic N) is 1. The van der Waals surface area contributed by atoms with Gasteiger partial charge in [-0.1, -0.05) is 13.0 Å². The molecule has 0 radical (unpaired) electrons. The third kappa shape index (κ3) is 4.63. The molecule has 118 valence electrons. The smallest absolute Gasteiger partial charge is 0.236 e. The fourth-order valence-electron chi connectivity index (χ4n) is 2.09. The van der Waals surface area contributed by atoms with Crippen molar-refractivity contribution in [2.24, 2.45) is 0 Å². The Morgan fingerprint density at radius 2 is 1.90 bits per heavy atom. The Bertz CT molecular complexity index is 463. The summed E-state index contributed by atoms with van der Waals surface area (Å²) in [7, 11) is 5.05. The predicted molar refractivity (Wildman–Crippen MR) is 83.9 cm³/mol. The Labute approximate surface area is 127 Å². The van der Waals surface area contributed by atoms with Gasteiger partial charge in [-0.2, -0.15) is 0 Å². The van der Waals surface area contributed by atoms with Crippen molar-refractivity contribution < 1.29 is 14.3 Å². The summed E-state index contributed by atoms with van der Waals surface area (Å²) in [6.07, 6.45) is 0.888. The van der Waals surface area contributed by atoms with E-state index in [2.05, 4.69) is 12.2 Å². The molecule has 5 nitrogen and oxygen atoms in total. The zero-order chi connectivity index (χ0) is 15.8. The Morgan fingerprint density at radius 1 is 1.24 bits per heavy atom. The first-order valence-electron chi connectivity index (χ1n) is 7.26. The van der Waals surface area contributed by atoms with E-state index in [4.69, 9.17) is 9.47 Å². The summed E-state index contributed by atoms with van der Waals surface area (Å²) < 4.78 is 10.6. The number of ether oxygens (including phenoxy) is 2. The minimum Gasteiger partial charge on any atom is -0.493 e. The molecule has 0 aliphatic carbocycles. The first kappa shape index (κ1) is 17.3. The van der Waals surface area contributed by atoms with Crippen LogP contribution in [-0.2, 0) is 4.79 Å². The summed E-state index contributed by atoms with van der Waals surface area (Å²) in [5, 5.41) is 3.30. The van der Waals surface area contributed by atoms with E-state index in [0.29, 0.717) is 24.6 Å². The number of carbonyl (C=O) groups excluding carboxylic acids is 1. The number of hydrogen-bond acceptors (Lipinski definition) is 4. The minimum atomic E-state index is 0.0939. The van der Waals surface area contributed by atoms with Crippen molar-refractivity contribution >= 4 is 5.91 Å². The summed E-state index contributed by atoms with van der Waals surface area (Å²) in [6, 6.07) is 5.95. The molecule has 5 heteroatoms. The first-order chi connectivity index (χ1) is 10.1. The lowest BCUT2D eigenvalue weighted by molar-refractivity contribution is -0.128. The summed E-state index contributed by atoms with van der Waals surface area (Å²) >= 11 is 0. The minimum absolute atomic E-state index is 0.0939. The molecule has 1 atom stereocenters. The van der Waals surface area contributed by atoms with Crippen LogP contribution in [0.3, 0.4) is 0 Å². The molecule has 0 saturated carbocycles. The normalized spacial score (nSPS) is 11.9. The first-order valence-corrected chi connectivity index (χ1v) is 7.26. The molecule has 21 heavy (non-hydrogen) atoms. The second kappa shape index (κ2) is 8.52. The van der Waals surface area contributed by atoms with E-state index in [-0.39, 0.29) is 11.9 Å². The molecule has 1 unspecified atom stereocenters. The van der Waals surface area contributed by atoms with E-state index in [1.165, 1.54) is 0 Å². The largest absolute Gasteiger partial charge is 0.493 e. The summed E-state index contributed by atoms with van der Waals surface area (Å²) in [6.45, 7) is 5.09. The van der Waals surface area contributed by atoms with Gasteiger partial charge in [0.05, 0.1) is 20.8 Å². The van der Waals surface area contributed by atoms with Crippen molar-refractivity contribution in [2.75, 3.05) is 34.4 Å². The number of amides is 1. The van der Waals surface area contributed by atoms with Crippen molar-refractivity contribution in [1.29, 1.82) is 0 Å². The van der Waals surface area contributed by atoms with E-state index >= 15 is 0 Å². The van der Waals surface area contributed by atoms with Crippen LogP contribution in [0, 0.1) is 0 Å². The zero-order valence-corrected chi connectivity index (χ0v) is 13.6. The fraction of sp³-hybridized carbons (Fsp3) is 0.562. The number of hydrogen-bond donors (Lipinski definition) is 1. The Morgan fingerprint density at radius 3 is 2.43 bits per heavy atom. The highest BCUT2D eigenvalue weighted by atomic mass is 16.5. The molecule has 1 N–H and O–H groups in total. The Kier molecular flexibility index (Phi) is 7.02. The van der Waals surface area contributed by atoms with Crippen molar-refractivity contribution in [3.8, 4) is 11.5 Å². The van der Waals surface area contributed by atoms with Crippen LogP contribution in [0.5, 0.6) is 11.5 Å². The maximum absolute atomic E-state index is 11.9. The van der Waals surface area contributed by atoms with Crippen molar-refractivity contribution in [3.05, 3.63) is 23.8 Å². The lowest BCUT2D eigenvalue weighted by Crippen LogP contribution is -2.36. The maximum Gasteiger partial charge on any atom is 0.236 e. The highest BCUT2D eigenvalue weighted by molar-refractivity contribution is 5.77. The van der Waals surface area contributed by atoms with Crippen LogP contribution in [0.25, 0.3) is 0 Å². The van der Waals surface area contributed by atoms with Gasteiger partial charge in [-0.15, -0.1) is 0 Å². The van der Waals surface area contributed by atoms with Gasteiger partial charge in [0.15, 0.2) is 11.5 Å². The second-order valence-corrected chi connectivity index (χ2v) is 4.86. The van der Waals surface area contributed by atoms with E-state index in [0.717, 1.165) is 12.0 Å². The second-order valence-electron chi connectivity index (χ2n) is 4.86. The molecule has 0 spiro atoms. The molecule has 0 aromatic heterocycles. The SMILES string of the molecule is CCC(NCC(=O)N(C)CC)c1ccc(OC)c(OC)c1. The fourth-order valence-corrected chi connectivity index (χ4v) is 2.09. The molecule has 0 fully saturated rings. The quantitative estimate of drug-likeness (QED) is 0.799. The molecule has 0 heterocycles. The summed E-state index contributed by atoms with van der Waals surface area (Å²) in [4.78, 5) is 13.6. The number of rotatable bonds is 8. The van der Waals surface area contributed by atoms with Crippen molar-refractivity contribution in [3.63, 3.8) is 0 Å². The number of carbonyl (C=O) groups is 1. The van der Waals surface area contributed by atoms with E-state index in [1.807, 2.05) is 25.1 Å². The summed E-state index contributed by atoms with van der Waals surface area (Å²) in [5.74, 6) is 1.50. The molecule has 1 aromatic rings. The lowest BCUT2D eigenvalue weighted by Gasteiger charge is -2.21. The third-order valence-electron chi connectivity index (χ3n) is 3.62. The summed E-state index contributed by atoms with van der Waals surface area (Å²) in [5.41, 5.74) is 1.09. The molecule has 1 amide bonds. The maximum atomic E-state index is 11.9. The van der Waals surface area contributed by atoms with Gasteiger partial charge in [0, 0.05) is 19.6 Å². The van der Waals surface area contributed by atoms with E-state index < -0.39 is 0 Å². The molecule has 0 aliphatic heterocycles. The van der Waals surface area contributed by atoms with Crippen LogP contribution in [-0.4, -0.2) is 45.2 Å². The van der Waals surface area contributed by atoms with Crippen LogP contribution < -0.4 is 14.8 Å². The van der Waals surface area contributed by atoms with Gasteiger partial charge in [0.2, 0.25) is 5.91 Å². The number of likely N-dealkylation sites (N-methyl/N-ethyl adjacent to an activating group) is 1. The van der Waals surface area contributed by atoms with Crippen LogP contribution in [0.2, 0.25) is 0 Å². The van der Waals surface area contributed by atoms with Gasteiger partial charge in [-0.3, -0.25) is 4.79 Å². The average molecular weight is 294 g/mol. The lowest BCUT2D eigenvalue weighted by atomic mass is 10.0. The highest BCUT2D eigenvalue weighted by Crippen LogP contribution is 2.30. The van der Waals surface area contributed by atoms with Gasteiger partial charge in [0.1, 0.15) is 0 Å². The molecule has 0 bridgehead atoms. The van der Waals surface area contributed by atoms with E-state index in [1.54, 1.807) is 26.2 Å². The van der Waals surface area contributed by atoms with Gasteiger partial charge in [-0.05, 0) is 31.0 Å². The molecular formula is C16H26N2O3.